The topological polar surface area (TPSA) is 165 Å². The average molecular weight is 554 g/mol. The molecule has 2 aromatic rings. The zero-order chi connectivity index (χ0) is 28.5. The molecule has 1 amide bonds. The Labute approximate surface area is 229 Å². The molecule has 0 saturated heterocycles. The SMILES string of the molecule is CN(C)Cc1ccc(-c2ccc(O)c3c2C[C@H]2C[C@H]4[C@H](N(C)C)C(=O)C(C(N)=O)=C(O)[C@@]4(O)C(=O)C2=C3O)s1. The van der Waals surface area contributed by atoms with E-state index >= 15 is 0 Å². The quantitative estimate of drug-likeness (QED) is 0.347. The molecule has 1 aromatic heterocycles. The number of fused-ring (bicyclic) bond motifs is 3. The lowest BCUT2D eigenvalue weighted by Crippen LogP contribution is -2.65. The summed E-state index contributed by atoms with van der Waals surface area (Å²) < 4.78 is 0. The van der Waals surface area contributed by atoms with Crippen LogP contribution in [0, 0.1) is 11.8 Å². The molecule has 1 aromatic carbocycles. The van der Waals surface area contributed by atoms with Crippen LogP contribution in [-0.2, 0) is 27.3 Å². The Balaban J connectivity index is 1.69. The van der Waals surface area contributed by atoms with Crippen LogP contribution in [0.3, 0.4) is 0 Å². The van der Waals surface area contributed by atoms with E-state index in [1.54, 1.807) is 31.5 Å². The van der Waals surface area contributed by atoms with E-state index < -0.39 is 58.0 Å². The molecule has 0 radical (unpaired) electrons. The maximum atomic E-state index is 13.9. The molecule has 11 heteroatoms. The van der Waals surface area contributed by atoms with Gasteiger partial charge in [-0.2, -0.15) is 0 Å². The fourth-order valence-electron chi connectivity index (χ4n) is 6.39. The molecule has 1 fully saturated rings. The summed E-state index contributed by atoms with van der Waals surface area (Å²) in [7, 11) is 7.10. The van der Waals surface area contributed by atoms with Gasteiger partial charge < -0.3 is 31.1 Å². The van der Waals surface area contributed by atoms with Gasteiger partial charge in [0, 0.05) is 27.8 Å². The number of carbonyl (C=O) groups excluding carboxylic acids is 3. The lowest BCUT2D eigenvalue weighted by Gasteiger charge is -2.50. The van der Waals surface area contributed by atoms with Gasteiger partial charge in [0.1, 0.15) is 22.8 Å². The number of hydrogen-bond donors (Lipinski definition) is 5. The summed E-state index contributed by atoms with van der Waals surface area (Å²) in [5, 5.41) is 44.8. The zero-order valence-electron chi connectivity index (χ0n) is 22.1. The van der Waals surface area contributed by atoms with Gasteiger partial charge in [-0.1, -0.05) is 0 Å². The third kappa shape index (κ3) is 3.91. The minimum Gasteiger partial charge on any atom is -0.508 e. The molecule has 5 rings (SSSR count). The molecule has 1 heterocycles. The zero-order valence-corrected chi connectivity index (χ0v) is 22.9. The van der Waals surface area contributed by atoms with Crippen molar-refractivity contribution in [3.05, 3.63) is 57.2 Å². The highest BCUT2D eigenvalue weighted by molar-refractivity contribution is 7.15. The Kier molecular flexibility index (Phi) is 6.46. The summed E-state index contributed by atoms with van der Waals surface area (Å²) in [6.45, 7) is 0.752. The van der Waals surface area contributed by atoms with Crippen molar-refractivity contribution in [2.75, 3.05) is 28.2 Å². The molecule has 6 N–H and O–H groups in total. The number of amides is 1. The second-order valence-corrected chi connectivity index (χ2v) is 12.1. The van der Waals surface area contributed by atoms with Gasteiger partial charge >= 0.3 is 0 Å². The van der Waals surface area contributed by atoms with E-state index in [0.717, 1.165) is 21.9 Å². The first-order valence-electron chi connectivity index (χ1n) is 12.5. The number of phenolic OH excluding ortho intramolecular Hbond substituents is 1. The van der Waals surface area contributed by atoms with E-state index in [-0.39, 0.29) is 29.7 Å². The molecule has 0 unspecified atom stereocenters. The number of benzene rings is 1. The fourth-order valence-corrected chi connectivity index (χ4v) is 7.57. The first-order chi connectivity index (χ1) is 18.3. The lowest BCUT2D eigenvalue weighted by molar-refractivity contribution is -0.153. The summed E-state index contributed by atoms with van der Waals surface area (Å²) in [5.41, 5.74) is 3.28. The molecule has 39 heavy (non-hydrogen) atoms. The molecular formula is C28H31N3O7S. The van der Waals surface area contributed by atoms with Gasteiger partial charge in [-0.25, -0.2) is 0 Å². The fraction of sp³-hybridized carbons (Fsp3) is 0.393. The maximum Gasteiger partial charge on any atom is 0.255 e. The van der Waals surface area contributed by atoms with Crippen LogP contribution in [0.1, 0.15) is 22.4 Å². The number of phenols is 1. The van der Waals surface area contributed by atoms with Crippen LogP contribution in [-0.4, -0.2) is 87.5 Å². The minimum absolute atomic E-state index is 0.0528. The van der Waals surface area contributed by atoms with Crippen LogP contribution in [0.15, 0.2) is 41.2 Å². The molecule has 0 bridgehead atoms. The first kappa shape index (κ1) is 27.1. The molecule has 4 atom stereocenters. The second-order valence-electron chi connectivity index (χ2n) is 11.0. The second kappa shape index (κ2) is 9.30. The lowest BCUT2D eigenvalue weighted by atomic mass is 9.57. The van der Waals surface area contributed by atoms with Gasteiger partial charge in [0.05, 0.1) is 11.6 Å². The predicted octanol–water partition coefficient (Wildman–Crippen LogP) is 1.75. The number of Topliss-reactive ketones (excluding diaryl/α,β-unsaturated/α-hetero) is 2. The van der Waals surface area contributed by atoms with Crippen molar-refractivity contribution < 1.29 is 34.8 Å². The van der Waals surface area contributed by atoms with E-state index in [9.17, 15) is 34.8 Å². The molecule has 206 valence electrons. The Hall–Kier alpha value is -3.51. The Morgan fingerprint density at radius 3 is 2.41 bits per heavy atom. The number of ketones is 2. The Morgan fingerprint density at radius 1 is 1.10 bits per heavy atom. The number of likely N-dealkylation sites (N-methyl/N-ethyl adjacent to an activating group) is 1. The average Bonchev–Trinajstić information content (AvgIpc) is 3.28. The Bertz CT molecular complexity index is 1490. The summed E-state index contributed by atoms with van der Waals surface area (Å²) >= 11 is 1.59. The molecule has 10 nitrogen and oxygen atoms in total. The van der Waals surface area contributed by atoms with Crippen molar-refractivity contribution in [3.8, 4) is 16.2 Å². The van der Waals surface area contributed by atoms with E-state index in [1.807, 2.05) is 26.2 Å². The van der Waals surface area contributed by atoms with Crippen molar-refractivity contribution in [1.82, 2.24) is 9.80 Å². The number of aromatic hydroxyl groups is 1. The molecule has 3 aliphatic rings. The monoisotopic (exact) mass is 553 g/mol. The van der Waals surface area contributed by atoms with Crippen molar-refractivity contribution >= 4 is 34.6 Å². The molecule has 1 saturated carbocycles. The van der Waals surface area contributed by atoms with Crippen molar-refractivity contribution in [2.45, 2.75) is 31.0 Å². The van der Waals surface area contributed by atoms with Crippen molar-refractivity contribution in [1.29, 1.82) is 0 Å². The number of carbonyl (C=O) groups is 3. The minimum atomic E-state index is -2.65. The normalized spacial score (nSPS) is 26.7. The molecule has 3 aliphatic carbocycles. The van der Waals surface area contributed by atoms with Gasteiger partial charge in [0.15, 0.2) is 11.4 Å². The van der Waals surface area contributed by atoms with Crippen molar-refractivity contribution in [3.63, 3.8) is 0 Å². The molecule has 0 spiro atoms. The highest BCUT2D eigenvalue weighted by Gasteiger charge is 2.64. The summed E-state index contributed by atoms with van der Waals surface area (Å²) in [6, 6.07) is 6.11. The summed E-state index contributed by atoms with van der Waals surface area (Å²) in [5.74, 6) is -6.58. The van der Waals surface area contributed by atoms with Crippen LogP contribution in [0.25, 0.3) is 16.2 Å². The largest absolute Gasteiger partial charge is 0.508 e. The predicted molar refractivity (Wildman–Crippen MR) is 145 cm³/mol. The van der Waals surface area contributed by atoms with E-state index in [0.29, 0.717) is 5.56 Å². The standard InChI is InChI=1S/C28H31N3O7S/c1-30(2)11-13-5-8-18(39-13)14-6-7-17(32)20-15(14)9-12-10-16-22(31(3)4)24(34)21(27(29)37)26(36)28(16,38)25(35)19(12)23(20)33/h5-8,12,16,22,32-33,36,38H,9-11H2,1-4H3,(H2,29,37)/t12-,16-,22-,28-/m0/s1. The van der Waals surface area contributed by atoms with Gasteiger partial charge in [0.2, 0.25) is 5.78 Å². The highest BCUT2D eigenvalue weighted by atomic mass is 32.1. The van der Waals surface area contributed by atoms with Gasteiger partial charge in [0.25, 0.3) is 5.91 Å². The number of primary amides is 1. The number of nitrogens with zero attached hydrogens (tertiary/aromatic N) is 2. The van der Waals surface area contributed by atoms with E-state index in [4.69, 9.17) is 5.73 Å². The van der Waals surface area contributed by atoms with Gasteiger partial charge in [-0.05, 0) is 82.3 Å². The number of aliphatic hydroxyl groups excluding tert-OH is 2. The van der Waals surface area contributed by atoms with Crippen LogP contribution in [0.4, 0.5) is 0 Å². The summed E-state index contributed by atoms with van der Waals surface area (Å²) in [4.78, 5) is 44.9. The van der Waals surface area contributed by atoms with Crippen LogP contribution < -0.4 is 5.73 Å². The number of nitrogens with two attached hydrogens (primary N) is 1. The number of rotatable bonds is 5. The highest BCUT2D eigenvalue weighted by Crippen LogP contribution is 2.53. The number of hydrogen-bond acceptors (Lipinski definition) is 10. The third-order valence-electron chi connectivity index (χ3n) is 8.00. The summed E-state index contributed by atoms with van der Waals surface area (Å²) in [6.07, 6.45) is 0.302. The van der Waals surface area contributed by atoms with Crippen LogP contribution in [0.2, 0.25) is 0 Å². The van der Waals surface area contributed by atoms with Crippen molar-refractivity contribution in [2.24, 2.45) is 17.6 Å². The number of thiophene rings is 1. The smallest absolute Gasteiger partial charge is 0.255 e. The van der Waals surface area contributed by atoms with Crippen LogP contribution >= 0.6 is 11.3 Å². The molecular weight excluding hydrogens is 522 g/mol. The maximum absolute atomic E-state index is 13.9. The van der Waals surface area contributed by atoms with E-state index in [1.165, 1.54) is 11.0 Å². The number of aliphatic hydroxyl groups is 3. The Morgan fingerprint density at radius 2 is 1.79 bits per heavy atom. The van der Waals surface area contributed by atoms with Gasteiger partial charge in [-0.15, -0.1) is 11.3 Å². The van der Waals surface area contributed by atoms with Gasteiger partial charge in [-0.3, -0.25) is 19.3 Å². The molecule has 0 aliphatic heterocycles. The third-order valence-corrected chi connectivity index (χ3v) is 9.11. The van der Waals surface area contributed by atoms with Crippen LogP contribution in [0.5, 0.6) is 5.75 Å². The first-order valence-corrected chi connectivity index (χ1v) is 13.3. The van der Waals surface area contributed by atoms with E-state index in [2.05, 4.69) is 4.90 Å².